The summed E-state index contributed by atoms with van der Waals surface area (Å²) in [6, 6.07) is 6.05. The molecule has 1 aromatic rings. The highest BCUT2D eigenvalue weighted by Crippen LogP contribution is 2.03. The third kappa shape index (κ3) is 5.27. The van der Waals surface area contributed by atoms with Crippen LogP contribution in [0.1, 0.15) is 26.3 Å². The molecule has 0 bridgehead atoms. The lowest BCUT2D eigenvalue weighted by atomic mass is 10.2. The number of rotatable bonds is 6. The van der Waals surface area contributed by atoms with Crippen LogP contribution in [-0.2, 0) is 16.1 Å². The summed E-state index contributed by atoms with van der Waals surface area (Å²) in [4.78, 5) is 11.7. The van der Waals surface area contributed by atoms with Crippen LogP contribution in [0.4, 0.5) is 4.39 Å². The first-order chi connectivity index (χ1) is 8.49. The summed E-state index contributed by atoms with van der Waals surface area (Å²) in [6.45, 7) is 6.73. The molecule has 3 nitrogen and oxygen atoms in total. The second kappa shape index (κ2) is 7.11. The van der Waals surface area contributed by atoms with Crippen LogP contribution in [0.15, 0.2) is 24.3 Å². The number of amides is 1. The molecule has 0 radical (unpaired) electrons. The van der Waals surface area contributed by atoms with Crippen molar-refractivity contribution in [2.24, 2.45) is 5.92 Å². The highest BCUT2D eigenvalue weighted by molar-refractivity contribution is 5.80. The molecule has 0 aromatic heterocycles. The van der Waals surface area contributed by atoms with Crippen molar-refractivity contribution in [3.63, 3.8) is 0 Å². The number of carbonyl (C=O) groups excluding carboxylic acids is 1. The van der Waals surface area contributed by atoms with Crippen molar-refractivity contribution in [2.45, 2.75) is 33.4 Å². The Balaban J connectivity index is 2.34. The van der Waals surface area contributed by atoms with Crippen molar-refractivity contribution in [2.75, 3.05) is 6.61 Å². The smallest absolute Gasteiger partial charge is 0.249 e. The molecule has 0 saturated carbocycles. The van der Waals surface area contributed by atoms with E-state index in [1.807, 2.05) is 13.8 Å². The van der Waals surface area contributed by atoms with Crippen LogP contribution in [0.3, 0.4) is 0 Å². The molecule has 1 amide bonds. The average Bonchev–Trinajstić information content (AvgIpc) is 2.34. The Hall–Kier alpha value is -1.42. The Kier molecular flexibility index (Phi) is 5.78. The highest BCUT2D eigenvalue weighted by atomic mass is 19.1. The lowest BCUT2D eigenvalue weighted by Gasteiger charge is -2.14. The maximum absolute atomic E-state index is 12.7. The molecule has 0 unspecified atom stereocenters. The number of hydrogen-bond donors (Lipinski definition) is 1. The number of nitrogens with one attached hydrogen (secondary N) is 1. The standard InChI is InChI=1S/C14H20FNO2/c1-10(2)9-18-11(3)14(17)16-8-12-4-6-13(15)7-5-12/h4-7,10-11H,8-9H2,1-3H3,(H,16,17)/t11-/m0/s1. The van der Waals surface area contributed by atoms with E-state index in [0.29, 0.717) is 19.1 Å². The first-order valence-electron chi connectivity index (χ1n) is 6.12. The number of benzene rings is 1. The van der Waals surface area contributed by atoms with E-state index in [4.69, 9.17) is 4.74 Å². The summed E-state index contributed by atoms with van der Waals surface area (Å²) in [5.74, 6) is -0.0314. The van der Waals surface area contributed by atoms with E-state index in [-0.39, 0.29) is 11.7 Å². The van der Waals surface area contributed by atoms with Gasteiger partial charge in [-0.3, -0.25) is 4.79 Å². The van der Waals surface area contributed by atoms with Crippen LogP contribution in [0.25, 0.3) is 0 Å². The molecule has 18 heavy (non-hydrogen) atoms. The van der Waals surface area contributed by atoms with Crippen molar-refractivity contribution in [3.05, 3.63) is 35.6 Å². The van der Waals surface area contributed by atoms with Gasteiger partial charge in [-0.1, -0.05) is 26.0 Å². The van der Waals surface area contributed by atoms with Crippen LogP contribution >= 0.6 is 0 Å². The van der Waals surface area contributed by atoms with Crippen molar-refractivity contribution in [1.29, 1.82) is 0 Å². The summed E-state index contributed by atoms with van der Waals surface area (Å²) in [7, 11) is 0. The van der Waals surface area contributed by atoms with Gasteiger partial charge in [0, 0.05) is 13.2 Å². The van der Waals surface area contributed by atoms with Gasteiger partial charge in [-0.2, -0.15) is 0 Å². The Bertz CT molecular complexity index is 376. The molecule has 1 atom stereocenters. The van der Waals surface area contributed by atoms with Gasteiger partial charge >= 0.3 is 0 Å². The predicted molar refractivity (Wildman–Crippen MR) is 68.5 cm³/mol. The molecule has 0 fully saturated rings. The monoisotopic (exact) mass is 253 g/mol. The fourth-order valence-corrected chi connectivity index (χ4v) is 1.35. The molecule has 0 spiro atoms. The van der Waals surface area contributed by atoms with E-state index in [1.165, 1.54) is 12.1 Å². The van der Waals surface area contributed by atoms with Crippen LogP contribution < -0.4 is 5.32 Å². The van der Waals surface area contributed by atoms with E-state index in [0.717, 1.165) is 5.56 Å². The summed E-state index contributed by atoms with van der Waals surface area (Å²) < 4.78 is 18.1. The van der Waals surface area contributed by atoms with Gasteiger partial charge in [-0.15, -0.1) is 0 Å². The fraction of sp³-hybridized carbons (Fsp3) is 0.500. The van der Waals surface area contributed by atoms with Crippen LogP contribution in [0, 0.1) is 11.7 Å². The maximum atomic E-state index is 12.7. The molecule has 0 saturated heterocycles. The van der Waals surface area contributed by atoms with Gasteiger partial charge in [0.25, 0.3) is 0 Å². The molecule has 1 rings (SSSR count). The largest absolute Gasteiger partial charge is 0.368 e. The number of carbonyl (C=O) groups is 1. The Morgan fingerprint density at radius 3 is 2.44 bits per heavy atom. The summed E-state index contributed by atoms with van der Waals surface area (Å²) in [5, 5.41) is 2.76. The van der Waals surface area contributed by atoms with Gasteiger partial charge in [0.2, 0.25) is 5.91 Å². The topological polar surface area (TPSA) is 38.3 Å². The fourth-order valence-electron chi connectivity index (χ4n) is 1.35. The lowest BCUT2D eigenvalue weighted by molar-refractivity contribution is -0.132. The zero-order valence-corrected chi connectivity index (χ0v) is 11.1. The molecule has 0 aliphatic carbocycles. The second-order valence-electron chi connectivity index (χ2n) is 4.71. The van der Waals surface area contributed by atoms with E-state index in [1.54, 1.807) is 19.1 Å². The second-order valence-corrected chi connectivity index (χ2v) is 4.71. The summed E-state index contributed by atoms with van der Waals surface area (Å²) in [6.07, 6.45) is -0.465. The van der Waals surface area contributed by atoms with E-state index < -0.39 is 6.10 Å². The molecule has 1 N–H and O–H groups in total. The minimum absolute atomic E-state index is 0.153. The number of hydrogen-bond acceptors (Lipinski definition) is 2. The Morgan fingerprint density at radius 2 is 1.89 bits per heavy atom. The van der Waals surface area contributed by atoms with Gasteiger partial charge in [-0.05, 0) is 30.5 Å². The zero-order valence-electron chi connectivity index (χ0n) is 11.1. The minimum Gasteiger partial charge on any atom is -0.368 e. The molecular formula is C14H20FNO2. The van der Waals surface area contributed by atoms with Crippen molar-refractivity contribution >= 4 is 5.91 Å². The Morgan fingerprint density at radius 1 is 1.28 bits per heavy atom. The molecule has 1 aromatic carbocycles. The zero-order chi connectivity index (χ0) is 13.5. The van der Waals surface area contributed by atoms with Crippen LogP contribution in [0.2, 0.25) is 0 Å². The van der Waals surface area contributed by atoms with Crippen LogP contribution in [-0.4, -0.2) is 18.6 Å². The molecule has 0 aliphatic heterocycles. The summed E-state index contributed by atoms with van der Waals surface area (Å²) >= 11 is 0. The van der Waals surface area contributed by atoms with E-state index >= 15 is 0 Å². The highest BCUT2D eigenvalue weighted by Gasteiger charge is 2.13. The first-order valence-corrected chi connectivity index (χ1v) is 6.12. The molecule has 100 valence electrons. The minimum atomic E-state index is -0.465. The normalized spacial score (nSPS) is 12.5. The van der Waals surface area contributed by atoms with E-state index in [2.05, 4.69) is 5.32 Å². The average molecular weight is 253 g/mol. The molecule has 0 heterocycles. The van der Waals surface area contributed by atoms with Gasteiger partial charge in [0.15, 0.2) is 0 Å². The predicted octanol–water partition coefficient (Wildman–Crippen LogP) is 2.50. The molecule has 4 heteroatoms. The van der Waals surface area contributed by atoms with Gasteiger partial charge in [0.05, 0.1) is 0 Å². The van der Waals surface area contributed by atoms with Crippen molar-refractivity contribution in [3.8, 4) is 0 Å². The van der Waals surface area contributed by atoms with Crippen LogP contribution in [0.5, 0.6) is 0 Å². The van der Waals surface area contributed by atoms with Gasteiger partial charge < -0.3 is 10.1 Å². The maximum Gasteiger partial charge on any atom is 0.249 e. The van der Waals surface area contributed by atoms with Gasteiger partial charge in [0.1, 0.15) is 11.9 Å². The number of halogens is 1. The third-order valence-corrected chi connectivity index (χ3v) is 2.43. The lowest BCUT2D eigenvalue weighted by Crippen LogP contribution is -2.34. The van der Waals surface area contributed by atoms with Crippen molar-refractivity contribution in [1.82, 2.24) is 5.32 Å². The first kappa shape index (κ1) is 14.6. The van der Waals surface area contributed by atoms with Crippen molar-refractivity contribution < 1.29 is 13.9 Å². The molecular weight excluding hydrogens is 233 g/mol. The van der Waals surface area contributed by atoms with Gasteiger partial charge in [-0.25, -0.2) is 4.39 Å². The molecule has 0 aliphatic rings. The van der Waals surface area contributed by atoms with E-state index in [9.17, 15) is 9.18 Å². The SMILES string of the molecule is CC(C)CO[C@@H](C)C(=O)NCc1ccc(F)cc1. The third-order valence-electron chi connectivity index (χ3n) is 2.43. The Labute approximate surface area is 107 Å². The number of ether oxygens (including phenoxy) is 1. The quantitative estimate of drug-likeness (QED) is 0.846. The summed E-state index contributed by atoms with van der Waals surface area (Å²) in [5.41, 5.74) is 0.862.